The second-order valence-electron chi connectivity index (χ2n) is 5.89. The molecule has 3 aliphatic carbocycles. The second kappa shape index (κ2) is 3.48. The third-order valence-electron chi connectivity index (χ3n) is 5.06. The molecule has 0 N–H and O–H groups in total. The summed E-state index contributed by atoms with van der Waals surface area (Å²) in [5.74, 6) is 1.45. The summed E-state index contributed by atoms with van der Waals surface area (Å²) >= 11 is 6.16. The summed E-state index contributed by atoms with van der Waals surface area (Å²) < 4.78 is 0. The predicted octanol–water partition coefficient (Wildman–Crippen LogP) is 3.69. The lowest BCUT2D eigenvalue weighted by atomic mass is 9.62. The molecular formula is C16H15ClO. The first-order valence-electron chi connectivity index (χ1n) is 6.71. The summed E-state index contributed by atoms with van der Waals surface area (Å²) in [6, 6.07) is 6.11. The van der Waals surface area contributed by atoms with E-state index in [1.807, 2.05) is 12.1 Å². The van der Waals surface area contributed by atoms with Crippen LogP contribution >= 0.6 is 11.6 Å². The number of hydrogen-bond acceptors (Lipinski definition) is 1. The van der Waals surface area contributed by atoms with Gasteiger partial charge in [-0.1, -0.05) is 29.8 Å². The van der Waals surface area contributed by atoms with Gasteiger partial charge in [0.05, 0.1) is 5.41 Å². The van der Waals surface area contributed by atoms with E-state index in [9.17, 15) is 4.79 Å². The highest BCUT2D eigenvalue weighted by Crippen LogP contribution is 2.56. The molecular weight excluding hydrogens is 244 g/mol. The highest BCUT2D eigenvalue weighted by molar-refractivity contribution is 6.30. The van der Waals surface area contributed by atoms with Crippen molar-refractivity contribution in [3.8, 4) is 0 Å². The van der Waals surface area contributed by atoms with Crippen LogP contribution < -0.4 is 0 Å². The average Bonchev–Trinajstić information content (AvgIpc) is 2.96. The zero-order chi connectivity index (χ0) is 12.3. The van der Waals surface area contributed by atoms with Gasteiger partial charge >= 0.3 is 0 Å². The molecule has 0 saturated heterocycles. The van der Waals surface area contributed by atoms with E-state index in [1.54, 1.807) is 0 Å². The molecule has 0 radical (unpaired) electrons. The fourth-order valence-electron chi connectivity index (χ4n) is 4.29. The van der Waals surface area contributed by atoms with Gasteiger partial charge in [-0.3, -0.25) is 4.79 Å². The molecule has 1 aromatic rings. The van der Waals surface area contributed by atoms with Crippen LogP contribution in [0.2, 0.25) is 5.02 Å². The number of carbonyl (C=O) groups is 1. The zero-order valence-electron chi connectivity index (χ0n) is 10.2. The third-order valence-corrected chi connectivity index (χ3v) is 5.30. The predicted molar refractivity (Wildman–Crippen MR) is 71.8 cm³/mol. The van der Waals surface area contributed by atoms with Gasteiger partial charge in [0.1, 0.15) is 5.78 Å². The Balaban J connectivity index is 1.96. The van der Waals surface area contributed by atoms with Crippen LogP contribution in [0.4, 0.5) is 0 Å². The van der Waals surface area contributed by atoms with Crippen molar-refractivity contribution in [3.63, 3.8) is 0 Å². The molecule has 1 spiro atoms. The molecule has 2 bridgehead atoms. The van der Waals surface area contributed by atoms with E-state index in [4.69, 9.17) is 11.6 Å². The lowest BCUT2D eigenvalue weighted by Crippen LogP contribution is -2.43. The topological polar surface area (TPSA) is 17.1 Å². The van der Waals surface area contributed by atoms with Crippen LogP contribution in [-0.4, -0.2) is 5.78 Å². The smallest absolute Gasteiger partial charge is 0.144 e. The summed E-state index contributed by atoms with van der Waals surface area (Å²) in [6.07, 6.45) is 8.29. The van der Waals surface area contributed by atoms with Crippen LogP contribution in [0.5, 0.6) is 0 Å². The number of Topliss-reactive ketones (excluding diaryl/α,β-unsaturated/α-hetero) is 1. The molecule has 2 heteroatoms. The van der Waals surface area contributed by atoms with Gasteiger partial charge in [-0.25, -0.2) is 0 Å². The first-order chi connectivity index (χ1) is 8.70. The van der Waals surface area contributed by atoms with Crippen molar-refractivity contribution in [1.29, 1.82) is 0 Å². The first kappa shape index (κ1) is 10.8. The van der Waals surface area contributed by atoms with Gasteiger partial charge in [-0.2, -0.15) is 0 Å². The number of hydrogen-bond donors (Lipinski definition) is 0. The van der Waals surface area contributed by atoms with Crippen molar-refractivity contribution in [2.75, 3.05) is 0 Å². The Morgan fingerprint density at radius 3 is 2.83 bits per heavy atom. The second-order valence-corrected chi connectivity index (χ2v) is 6.32. The molecule has 92 valence electrons. The highest BCUT2D eigenvalue weighted by Gasteiger charge is 2.55. The van der Waals surface area contributed by atoms with Gasteiger partial charge < -0.3 is 0 Å². The first-order valence-corrected chi connectivity index (χ1v) is 7.08. The van der Waals surface area contributed by atoms with Crippen LogP contribution in [-0.2, 0) is 16.6 Å². The molecule has 1 saturated carbocycles. The maximum Gasteiger partial charge on any atom is 0.144 e. The van der Waals surface area contributed by atoms with Crippen molar-refractivity contribution >= 4 is 17.4 Å². The lowest BCUT2D eigenvalue weighted by Gasteiger charge is -2.39. The molecule has 0 aliphatic heterocycles. The van der Waals surface area contributed by atoms with Gasteiger partial charge in [0.2, 0.25) is 0 Å². The standard InChI is InChI=1S/C16H15ClO/c17-13-5-2-11-3-6-15(18)16(14(11)8-13)9-10-1-4-12(16)7-10/h1-2,4-5,8,10,12H,3,6-7,9H2. The molecule has 3 unspecified atom stereocenters. The SMILES string of the molecule is O=C1CCc2ccc(Cl)cc2C12CC1C=CC2C1. The van der Waals surface area contributed by atoms with Crippen LogP contribution in [0.15, 0.2) is 30.4 Å². The molecule has 3 aliphatic rings. The maximum absolute atomic E-state index is 12.6. The van der Waals surface area contributed by atoms with Crippen LogP contribution in [0.25, 0.3) is 0 Å². The lowest BCUT2D eigenvalue weighted by molar-refractivity contribution is -0.126. The number of allylic oxidation sites excluding steroid dienone is 2. The molecule has 1 nitrogen and oxygen atoms in total. The van der Waals surface area contributed by atoms with E-state index >= 15 is 0 Å². The highest BCUT2D eigenvalue weighted by atomic mass is 35.5. The van der Waals surface area contributed by atoms with Crippen LogP contribution in [0, 0.1) is 11.8 Å². The van der Waals surface area contributed by atoms with Crippen molar-refractivity contribution in [2.24, 2.45) is 11.8 Å². The summed E-state index contributed by atoms with van der Waals surface area (Å²) in [5.41, 5.74) is 2.32. The van der Waals surface area contributed by atoms with Gasteiger partial charge in [-0.05, 0) is 54.4 Å². The molecule has 1 fully saturated rings. The minimum absolute atomic E-state index is 0.238. The van der Waals surface area contributed by atoms with Gasteiger partial charge in [0.25, 0.3) is 0 Å². The molecule has 0 amide bonds. The number of aryl methyl sites for hydroxylation is 1. The maximum atomic E-state index is 12.6. The Hall–Kier alpha value is -1.08. The van der Waals surface area contributed by atoms with E-state index in [2.05, 4.69) is 18.2 Å². The minimum Gasteiger partial charge on any atom is -0.299 e. The molecule has 1 aromatic carbocycles. The minimum atomic E-state index is -0.238. The number of fused-ring (bicyclic) bond motifs is 5. The molecule has 0 aromatic heterocycles. The van der Waals surface area contributed by atoms with Gasteiger partial charge in [0.15, 0.2) is 0 Å². The summed E-state index contributed by atoms with van der Waals surface area (Å²) in [5, 5.41) is 0.759. The number of benzene rings is 1. The monoisotopic (exact) mass is 258 g/mol. The van der Waals surface area contributed by atoms with Crippen LogP contribution in [0.3, 0.4) is 0 Å². The summed E-state index contributed by atoms with van der Waals surface area (Å²) in [4.78, 5) is 12.6. The van der Waals surface area contributed by atoms with E-state index in [-0.39, 0.29) is 5.41 Å². The van der Waals surface area contributed by atoms with Crippen molar-refractivity contribution in [3.05, 3.63) is 46.5 Å². The third kappa shape index (κ3) is 1.21. The summed E-state index contributed by atoms with van der Waals surface area (Å²) in [7, 11) is 0. The molecule has 4 rings (SSSR count). The van der Waals surface area contributed by atoms with E-state index < -0.39 is 0 Å². The van der Waals surface area contributed by atoms with Gasteiger partial charge in [-0.15, -0.1) is 0 Å². The Morgan fingerprint density at radius 2 is 2.11 bits per heavy atom. The van der Waals surface area contributed by atoms with Crippen LogP contribution in [0.1, 0.15) is 30.4 Å². The summed E-state index contributed by atoms with van der Waals surface area (Å²) in [6.45, 7) is 0. The van der Waals surface area contributed by atoms with E-state index in [0.717, 1.165) is 24.3 Å². The van der Waals surface area contributed by atoms with Crippen molar-refractivity contribution < 1.29 is 4.79 Å². The number of ketones is 1. The average molecular weight is 259 g/mol. The Morgan fingerprint density at radius 1 is 1.22 bits per heavy atom. The largest absolute Gasteiger partial charge is 0.299 e. The Labute approximate surface area is 112 Å². The fourth-order valence-corrected chi connectivity index (χ4v) is 4.46. The fraction of sp³-hybridized carbons (Fsp3) is 0.438. The van der Waals surface area contributed by atoms with E-state index in [0.29, 0.717) is 24.0 Å². The zero-order valence-corrected chi connectivity index (χ0v) is 10.9. The molecule has 18 heavy (non-hydrogen) atoms. The van der Waals surface area contributed by atoms with Crippen molar-refractivity contribution in [1.82, 2.24) is 0 Å². The van der Waals surface area contributed by atoms with E-state index in [1.165, 1.54) is 11.1 Å². The van der Waals surface area contributed by atoms with Gasteiger partial charge in [0, 0.05) is 11.4 Å². The Kier molecular flexibility index (Phi) is 2.09. The molecule has 0 heterocycles. The number of halogens is 1. The molecule has 3 atom stereocenters. The number of rotatable bonds is 0. The Bertz CT molecular complexity index is 574. The quantitative estimate of drug-likeness (QED) is 0.649. The normalized spacial score (nSPS) is 36.4. The number of carbonyl (C=O) groups excluding carboxylic acids is 1. The van der Waals surface area contributed by atoms with Crippen molar-refractivity contribution in [2.45, 2.75) is 31.1 Å².